The van der Waals surface area contributed by atoms with Crippen LogP contribution in [0, 0.1) is 11.8 Å². The molecule has 0 radical (unpaired) electrons. The quantitative estimate of drug-likeness (QED) is 0.479. The molecular formula is C12H21O7S-. The first-order valence-corrected chi connectivity index (χ1v) is 7.78. The third-order valence-corrected chi connectivity index (χ3v) is 3.16. The molecule has 0 rings (SSSR count). The van der Waals surface area contributed by atoms with Crippen LogP contribution in [-0.2, 0) is 29.2 Å². The molecule has 0 amide bonds. The number of rotatable bonds is 8. The van der Waals surface area contributed by atoms with Crippen LogP contribution in [0.4, 0.5) is 0 Å². The molecule has 0 bridgehead atoms. The summed E-state index contributed by atoms with van der Waals surface area (Å²) in [5.74, 6) is -2.07. The number of ether oxygens (including phenoxy) is 2. The second-order valence-corrected chi connectivity index (χ2v) is 6.84. The predicted octanol–water partition coefficient (Wildman–Crippen LogP) is 0.689. The van der Waals surface area contributed by atoms with Crippen LogP contribution in [0.5, 0.6) is 0 Å². The van der Waals surface area contributed by atoms with E-state index in [0.717, 1.165) is 0 Å². The number of esters is 2. The van der Waals surface area contributed by atoms with Crippen molar-refractivity contribution in [2.45, 2.75) is 39.4 Å². The lowest BCUT2D eigenvalue weighted by Crippen LogP contribution is -2.35. The number of hydrogen-bond donors (Lipinski definition) is 0. The van der Waals surface area contributed by atoms with E-state index in [-0.39, 0.29) is 25.0 Å². The van der Waals surface area contributed by atoms with Gasteiger partial charge in [-0.15, -0.1) is 0 Å². The van der Waals surface area contributed by atoms with Gasteiger partial charge in [-0.3, -0.25) is 9.59 Å². The first-order chi connectivity index (χ1) is 9.04. The van der Waals surface area contributed by atoms with Crippen LogP contribution in [0.1, 0.15) is 34.1 Å². The summed E-state index contributed by atoms with van der Waals surface area (Å²) in [5.41, 5.74) is 0. The molecule has 0 aliphatic carbocycles. The monoisotopic (exact) mass is 309 g/mol. The van der Waals surface area contributed by atoms with Crippen molar-refractivity contribution in [1.29, 1.82) is 0 Å². The molecule has 0 spiro atoms. The summed E-state index contributed by atoms with van der Waals surface area (Å²) in [6, 6.07) is 0. The molecular weight excluding hydrogens is 288 g/mol. The van der Waals surface area contributed by atoms with Gasteiger partial charge in [0.15, 0.2) is 5.25 Å². The molecule has 20 heavy (non-hydrogen) atoms. The Balaban J connectivity index is 4.67. The Morgan fingerprint density at radius 1 is 1.00 bits per heavy atom. The molecule has 8 heteroatoms. The molecule has 0 fully saturated rings. The maximum atomic E-state index is 11.6. The standard InChI is InChI=1S/C12H22O7S/c1-8(2)6-18-11(13)5-10(20(15,16)17)12(14)19-7-9(3)4/h8-10H,5-7H2,1-4H3,(H,15,16,17)/p-1. The molecule has 0 saturated carbocycles. The molecule has 0 heterocycles. The zero-order valence-corrected chi connectivity index (χ0v) is 12.9. The summed E-state index contributed by atoms with van der Waals surface area (Å²) in [5, 5.41) is -2.05. The summed E-state index contributed by atoms with van der Waals surface area (Å²) in [7, 11) is -4.97. The van der Waals surface area contributed by atoms with Crippen LogP contribution in [0.25, 0.3) is 0 Å². The largest absolute Gasteiger partial charge is 0.747 e. The third kappa shape index (κ3) is 8.11. The SMILES string of the molecule is CC(C)COC(=O)CC(C(=O)OCC(C)C)S(=O)(=O)[O-]. The molecule has 1 atom stereocenters. The fourth-order valence-corrected chi connectivity index (χ4v) is 1.76. The first-order valence-electron chi connectivity index (χ1n) is 6.31. The van der Waals surface area contributed by atoms with Gasteiger partial charge in [0.1, 0.15) is 10.1 Å². The number of hydrogen-bond acceptors (Lipinski definition) is 7. The van der Waals surface area contributed by atoms with E-state index in [9.17, 15) is 22.6 Å². The van der Waals surface area contributed by atoms with E-state index in [1.54, 1.807) is 27.7 Å². The Hall–Kier alpha value is -1.15. The van der Waals surface area contributed by atoms with Gasteiger partial charge in [-0.05, 0) is 11.8 Å². The summed E-state index contributed by atoms with van der Waals surface area (Å²) >= 11 is 0. The average molecular weight is 309 g/mol. The van der Waals surface area contributed by atoms with Gasteiger partial charge in [-0.2, -0.15) is 0 Å². The molecule has 0 aromatic carbocycles. The van der Waals surface area contributed by atoms with Gasteiger partial charge in [0.2, 0.25) is 0 Å². The minimum absolute atomic E-state index is 0.0122. The van der Waals surface area contributed by atoms with Crippen molar-refractivity contribution in [3.05, 3.63) is 0 Å². The first kappa shape index (κ1) is 18.9. The number of carbonyl (C=O) groups is 2. The smallest absolute Gasteiger partial charge is 0.323 e. The Morgan fingerprint density at radius 2 is 1.45 bits per heavy atom. The molecule has 7 nitrogen and oxygen atoms in total. The van der Waals surface area contributed by atoms with E-state index in [2.05, 4.69) is 0 Å². The molecule has 0 aromatic rings. The van der Waals surface area contributed by atoms with Gasteiger partial charge >= 0.3 is 11.9 Å². The minimum Gasteiger partial charge on any atom is -0.747 e. The summed E-state index contributed by atoms with van der Waals surface area (Å²) in [6.45, 7) is 7.17. The third-order valence-electron chi connectivity index (χ3n) is 2.10. The van der Waals surface area contributed by atoms with Crippen LogP contribution in [-0.4, -0.2) is 43.4 Å². The highest BCUT2D eigenvalue weighted by Crippen LogP contribution is 2.10. The van der Waals surface area contributed by atoms with Crippen molar-refractivity contribution in [3.63, 3.8) is 0 Å². The van der Waals surface area contributed by atoms with Gasteiger partial charge in [0, 0.05) is 0 Å². The van der Waals surface area contributed by atoms with Gasteiger partial charge in [0.25, 0.3) is 0 Å². The van der Waals surface area contributed by atoms with Crippen LogP contribution in [0.2, 0.25) is 0 Å². The topological polar surface area (TPSA) is 110 Å². The van der Waals surface area contributed by atoms with Crippen LogP contribution in [0.3, 0.4) is 0 Å². The summed E-state index contributed by atoms with van der Waals surface area (Å²) in [6.07, 6.45) is -0.824. The zero-order chi connectivity index (χ0) is 15.9. The second kappa shape index (κ2) is 8.21. The maximum absolute atomic E-state index is 11.6. The van der Waals surface area contributed by atoms with Gasteiger partial charge < -0.3 is 14.0 Å². The van der Waals surface area contributed by atoms with E-state index in [0.29, 0.717) is 0 Å². The van der Waals surface area contributed by atoms with Crippen LogP contribution in [0.15, 0.2) is 0 Å². The molecule has 0 saturated heterocycles. The Kier molecular flexibility index (Phi) is 7.74. The minimum atomic E-state index is -4.97. The normalized spacial score (nSPS) is 13.3. The van der Waals surface area contributed by atoms with Gasteiger partial charge in [-0.1, -0.05) is 27.7 Å². The maximum Gasteiger partial charge on any atom is 0.323 e. The van der Waals surface area contributed by atoms with Crippen molar-refractivity contribution in [1.82, 2.24) is 0 Å². The second-order valence-electron chi connectivity index (χ2n) is 5.29. The summed E-state index contributed by atoms with van der Waals surface area (Å²) < 4.78 is 42.5. The van der Waals surface area contributed by atoms with E-state index in [1.807, 2.05) is 0 Å². The Bertz CT molecular complexity index is 425. The number of carbonyl (C=O) groups excluding carboxylic acids is 2. The molecule has 0 aromatic heterocycles. The summed E-state index contributed by atoms with van der Waals surface area (Å²) in [4.78, 5) is 23.0. The molecule has 0 N–H and O–H groups in total. The Morgan fingerprint density at radius 3 is 1.85 bits per heavy atom. The molecule has 118 valence electrons. The zero-order valence-electron chi connectivity index (χ0n) is 12.1. The fraction of sp³-hybridized carbons (Fsp3) is 0.833. The van der Waals surface area contributed by atoms with E-state index in [4.69, 9.17) is 9.47 Å². The highest BCUT2D eigenvalue weighted by molar-refractivity contribution is 7.87. The van der Waals surface area contributed by atoms with E-state index >= 15 is 0 Å². The van der Waals surface area contributed by atoms with Crippen LogP contribution < -0.4 is 0 Å². The lowest BCUT2D eigenvalue weighted by molar-refractivity contribution is -0.151. The van der Waals surface area contributed by atoms with Crippen molar-refractivity contribution >= 4 is 22.1 Å². The van der Waals surface area contributed by atoms with E-state index < -0.39 is 33.7 Å². The van der Waals surface area contributed by atoms with E-state index in [1.165, 1.54) is 0 Å². The average Bonchev–Trinajstić information content (AvgIpc) is 2.28. The van der Waals surface area contributed by atoms with Crippen molar-refractivity contribution in [3.8, 4) is 0 Å². The fourth-order valence-electron chi connectivity index (χ4n) is 1.11. The molecule has 1 unspecified atom stereocenters. The van der Waals surface area contributed by atoms with Crippen molar-refractivity contribution in [2.75, 3.05) is 13.2 Å². The lowest BCUT2D eigenvalue weighted by Gasteiger charge is -2.19. The lowest BCUT2D eigenvalue weighted by atomic mass is 10.2. The van der Waals surface area contributed by atoms with Crippen molar-refractivity contribution in [2.24, 2.45) is 11.8 Å². The van der Waals surface area contributed by atoms with Gasteiger partial charge in [0.05, 0.1) is 19.6 Å². The Labute approximate surface area is 119 Å². The highest BCUT2D eigenvalue weighted by atomic mass is 32.2. The predicted molar refractivity (Wildman–Crippen MR) is 69.7 cm³/mol. The molecule has 0 aliphatic heterocycles. The molecule has 0 aliphatic rings. The van der Waals surface area contributed by atoms with Crippen molar-refractivity contribution < 1.29 is 32.0 Å². The van der Waals surface area contributed by atoms with Gasteiger partial charge in [-0.25, -0.2) is 8.42 Å². The van der Waals surface area contributed by atoms with Crippen LogP contribution >= 0.6 is 0 Å². The highest BCUT2D eigenvalue weighted by Gasteiger charge is 2.30.